The topological polar surface area (TPSA) is 95.5 Å². The molecule has 1 unspecified atom stereocenters. The van der Waals surface area contributed by atoms with Crippen LogP contribution in [0.25, 0.3) is 0 Å². The zero-order valence-corrected chi connectivity index (χ0v) is 9.33. The van der Waals surface area contributed by atoms with E-state index in [0.717, 1.165) is 0 Å². The summed E-state index contributed by atoms with van der Waals surface area (Å²) in [4.78, 5) is 21.6. The fourth-order valence-corrected chi connectivity index (χ4v) is 1.51. The first kappa shape index (κ1) is 13.1. The van der Waals surface area contributed by atoms with Crippen molar-refractivity contribution >= 4 is 19.8 Å². The second-order valence-corrected chi connectivity index (χ2v) is 4.39. The average Bonchev–Trinajstić information content (AvgIpc) is 2.02. The Hall–Kier alpha value is -0.870. The number of nitrogens with one attached hydrogen (secondary N) is 2. The second kappa shape index (κ2) is 5.78. The molecule has 0 heterocycles. The Balaban J connectivity index is 4.07. The van der Waals surface area contributed by atoms with Gasteiger partial charge in [-0.15, -0.1) is 0 Å². The highest BCUT2D eigenvalue weighted by atomic mass is 31.1. The van der Waals surface area contributed by atoms with Crippen molar-refractivity contribution in [2.75, 3.05) is 6.66 Å². The number of amides is 1. The Morgan fingerprint density at radius 3 is 2.14 bits per heavy atom. The Labute approximate surface area is 82.9 Å². The zero-order chi connectivity index (χ0) is 11.3. The summed E-state index contributed by atoms with van der Waals surface area (Å²) < 4.78 is 10.8. The summed E-state index contributed by atoms with van der Waals surface area (Å²) in [5.74, 6) is -1.57. The lowest BCUT2D eigenvalue weighted by atomic mass is 10.3. The van der Waals surface area contributed by atoms with Crippen LogP contribution in [-0.2, 0) is 14.2 Å². The monoisotopic (exact) mass is 222 g/mol. The van der Waals surface area contributed by atoms with E-state index in [2.05, 4.69) is 10.4 Å². The summed E-state index contributed by atoms with van der Waals surface area (Å²) in [6.45, 7) is 4.35. The van der Waals surface area contributed by atoms with Gasteiger partial charge in [-0.3, -0.25) is 14.7 Å². The van der Waals surface area contributed by atoms with Crippen molar-refractivity contribution in [1.82, 2.24) is 10.4 Å². The lowest BCUT2D eigenvalue weighted by Gasteiger charge is -2.14. The van der Waals surface area contributed by atoms with Crippen molar-refractivity contribution in [3.05, 3.63) is 0 Å². The minimum atomic E-state index is -1.94. The van der Waals surface area contributed by atoms with Crippen LogP contribution in [0.4, 0.5) is 0 Å². The fraction of sp³-hybridized carbons (Fsp3) is 0.714. The van der Waals surface area contributed by atoms with Gasteiger partial charge in [-0.1, -0.05) is 0 Å². The van der Waals surface area contributed by atoms with Crippen LogP contribution < -0.4 is 10.4 Å². The minimum Gasteiger partial charge on any atom is -0.480 e. The summed E-state index contributed by atoms with van der Waals surface area (Å²) >= 11 is 0. The summed E-state index contributed by atoms with van der Waals surface area (Å²) in [6, 6.07) is -1.58. The number of carboxylic acid groups (broad SMARTS) is 1. The number of hydrogen-bond donors (Lipinski definition) is 3. The largest absolute Gasteiger partial charge is 0.480 e. The lowest BCUT2D eigenvalue weighted by molar-refractivity contribution is -0.141. The Kier molecular flexibility index (Phi) is 5.42. The molecule has 0 radical (unpaired) electrons. The molecule has 0 aliphatic carbocycles. The standard InChI is InChI=1S/C7H15N2O4P/c1-4(9-14(3)13)6(10)8-5(2)7(11)12/h4-5,14H,1-3H3,(H,8,10)(H,9,13)(H,11,12)/t4-,5-/m0/s1. The predicted octanol–water partition coefficient (Wildman–Crippen LogP) is -0.342. The summed E-state index contributed by atoms with van der Waals surface area (Å²) in [5.41, 5.74) is 0. The Bertz CT molecular complexity index is 256. The van der Waals surface area contributed by atoms with Crippen LogP contribution >= 0.6 is 7.95 Å². The van der Waals surface area contributed by atoms with E-state index >= 15 is 0 Å². The van der Waals surface area contributed by atoms with Gasteiger partial charge in [0.15, 0.2) is 0 Å². The molecule has 82 valence electrons. The van der Waals surface area contributed by atoms with Crippen LogP contribution in [0, 0.1) is 0 Å². The van der Waals surface area contributed by atoms with Crippen molar-refractivity contribution < 1.29 is 19.3 Å². The number of carbonyl (C=O) groups is 2. The zero-order valence-electron chi connectivity index (χ0n) is 8.33. The molecule has 0 aromatic carbocycles. The molecule has 0 aromatic heterocycles. The van der Waals surface area contributed by atoms with Gasteiger partial charge in [0, 0.05) is 0 Å². The highest BCUT2D eigenvalue weighted by Gasteiger charge is 2.18. The van der Waals surface area contributed by atoms with E-state index in [4.69, 9.17) is 5.11 Å². The summed E-state index contributed by atoms with van der Waals surface area (Å²) in [7, 11) is -1.94. The number of hydrogen-bond acceptors (Lipinski definition) is 3. The van der Waals surface area contributed by atoms with Gasteiger partial charge in [-0.25, -0.2) is 0 Å². The maximum Gasteiger partial charge on any atom is 0.325 e. The van der Waals surface area contributed by atoms with E-state index in [-0.39, 0.29) is 0 Å². The van der Waals surface area contributed by atoms with Gasteiger partial charge >= 0.3 is 5.97 Å². The van der Waals surface area contributed by atoms with Crippen LogP contribution in [0.15, 0.2) is 0 Å². The fourth-order valence-electron chi connectivity index (χ4n) is 0.771. The Morgan fingerprint density at radius 2 is 1.79 bits per heavy atom. The molecule has 0 fully saturated rings. The van der Waals surface area contributed by atoms with E-state index in [0.29, 0.717) is 0 Å². The van der Waals surface area contributed by atoms with Crippen LogP contribution in [0.3, 0.4) is 0 Å². The van der Waals surface area contributed by atoms with E-state index in [1.165, 1.54) is 20.5 Å². The van der Waals surface area contributed by atoms with Crippen molar-refractivity contribution in [2.24, 2.45) is 0 Å². The second-order valence-electron chi connectivity index (χ2n) is 2.99. The Morgan fingerprint density at radius 1 is 1.29 bits per heavy atom. The van der Waals surface area contributed by atoms with E-state index in [9.17, 15) is 14.2 Å². The number of rotatable bonds is 5. The first-order chi connectivity index (χ1) is 6.34. The maximum atomic E-state index is 11.2. The SMILES string of the molecule is C[C@H](NC(=O)[C@H](C)N[PH](C)=O)C(=O)O. The highest BCUT2D eigenvalue weighted by molar-refractivity contribution is 7.41. The summed E-state index contributed by atoms with van der Waals surface area (Å²) in [5, 5.41) is 13.3. The van der Waals surface area contributed by atoms with Gasteiger partial charge in [0.05, 0.1) is 6.04 Å². The lowest BCUT2D eigenvalue weighted by Crippen LogP contribution is -2.46. The molecular formula is C7H15N2O4P. The number of carboxylic acids is 1. The van der Waals surface area contributed by atoms with E-state index < -0.39 is 31.9 Å². The first-order valence-corrected chi connectivity index (χ1v) is 6.05. The van der Waals surface area contributed by atoms with Gasteiger partial charge in [0.25, 0.3) is 0 Å². The summed E-state index contributed by atoms with van der Waals surface area (Å²) in [6.07, 6.45) is 0. The van der Waals surface area contributed by atoms with Gasteiger partial charge in [0.1, 0.15) is 14.0 Å². The molecule has 0 saturated heterocycles. The first-order valence-electron chi connectivity index (χ1n) is 4.15. The number of carbonyl (C=O) groups excluding carboxylic acids is 1. The molecule has 1 amide bonds. The van der Waals surface area contributed by atoms with Crippen molar-refractivity contribution in [3.8, 4) is 0 Å². The molecule has 0 saturated carbocycles. The van der Waals surface area contributed by atoms with Gasteiger partial charge in [-0.05, 0) is 20.5 Å². The molecule has 3 atom stereocenters. The third kappa shape index (κ3) is 4.99. The van der Waals surface area contributed by atoms with E-state index in [1.54, 1.807) is 0 Å². The average molecular weight is 222 g/mol. The molecule has 0 aromatic rings. The van der Waals surface area contributed by atoms with Crippen molar-refractivity contribution in [2.45, 2.75) is 25.9 Å². The molecular weight excluding hydrogens is 207 g/mol. The molecule has 3 N–H and O–H groups in total. The molecule has 7 heteroatoms. The molecule has 0 aliphatic heterocycles. The third-order valence-electron chi connectivity index (χ3n) is 1.54. The van der Waals surface area contributed by atoms with Gasteiger partial charge < -0.3 is 15.0 Å². The van der Waals surface area contributed by atoms with Gasteiger partial charge in [0.2, 0.25) is 5.91 Å². The molecule has 6 nitrogen and oxygen atoms in total. The van der Waals surface area contributed by atoms with Crippen LogP contribution in [-0.4, -0.2) is 35.7 Å². The smallest absolute Gasteiger partial charge is 0.325 e. The molecule has 0 rings (SSSR count). The normalized spacial score (nSPS) is 16.8. The van der Waals surface area contributed by atoms with E-state index in [1.807, 2.05) is 0 Å². The van der Waals surface area contributed by atoms with Crippen LogP contribution in [0.2, 0.25) is 0 Å². The van der Waals surface area contributed by atoms with Crippen molar-refractivity contribution in [1.29, 1.82) is 0 Å². The van der Waals surface area contributed by atoms with Gasteiger partial charge in [-0.2, -0.15) is 0 Å². The quantitative estimate of drug-likeness (QED) is 0.553. The molecule has 0 spiro atoms. The van der Waals surface area contributed by atoms with Crippen molar-refractivity contribution in [3.63, 3.8) is 0 Å². The number of aliphatic carboxylic acids is 1. The molecule has 14 heavy (non-hydrogen) atoms. The molecule has 0 aliphatic rings. The van der Waals surface area contributed by atoms with Crippen LogP contribution in [0.1, 0.15) is 13.8 Å². The maximum absolute atomic E-state index is 11.2. The van der Waals surface area contributed by atoms with Crippen LogP contribution in [0.5, 0.6) is 0 Å². The molecule has 0 bridgehead atoms. The minimum absolute atomic E-state index is 0.472. The highest BCUT2D eigenvalue weighted by Crippen LogP contribution is 2.07. The predicted molar refractivity (Wildman–Crippen MR) is 52.8 cm³/mol. The third-order valence-corrected chi connectivity index (χ3v) is 2.38.